The fourth-order valence-electron chi connectivity index (χ4n) is 1.70. The number of phenolic OH excluding ortho intramolecular Hbond substituents is 1. The standard InChI is InChI=1S/C10H11F2NO/c11-10(12)9-4-7-3-8(14)2-1-6(7)5-13-9/h1-3,9-10,13-14H,4-5H2. The van der Waals surface area contributed by atoms with Gasteiger partial charge in [0.15, 0.2) is 0 Å². The molecule has 0 radical (unpaired) electrons. The van der Waals surface area contributed by atoms with Crippen LogP contribution in [0.4, 0.5) is 8.78 Å². The van der Waals surface area contributed by atoms with Crippen LogP contribution in [0.15, 0.2) is 18.2 Å². The van der Waals surface area contributed by atoms with Crippen molar-refractivity contribution in [2.75, 3.05) is 0 Å². The predicted octanol–water partition coefficient (Wildman–Crippen LogP) is 1.67. The number of nitrogens with one attached hydrogen (secondary N) is 1. The van der Waals surface area contributed by atoms with E-state index >= 15 is 0 Å². The van der Waals surface area contributed by atoms with Crippen LogP contribution in [0.5, 0.6) is 5.75 Å². The molecule has 0 aromatic heterocycles. The molecule has 2 rings (SSSR count). The molecule has 0 saturated carbocycles. The van der Waals surface area contributed by atoms with Gasteiger partial charge in [-0.1, -0.05) is 6.07 Å². The molecule has 0 amide bonds. The van der Waals surface area contributed by atoms with Gasteiger partial charge in [-0.15, -0.1) is 0 Å². The fraction of sp³-hybridized carbons (Fsp3) is 0.400. The summed E-state index contributed by atoms with van der Waals surface area (Å²) in [5.74, 6) is 0.138. The third-order valence-electron chi connectivity index (χ3n) is 2.49. The molecule has 1 unspecified atom stereocenters. The number of hydrogen-bond acceptors (Lipinski definition) is 2. The number of aromatic hydroxyl groups is 1. The van der Waals surface area contributed by atoms with Gasteiger partial charge >= 0.3 is 0 Å². The van der Waals surface area contributed by atoms with Crippen molar-refractivity contribution in [3.63, 3.8) is 0 Å². The molecule has 2 N–H and O–H groups in total. The smallest absolute Gasteiger partial charge is 0.254 e. The van der Waals surface area contributed by atoms with E-state index in [4.69, 9.17) is 0 Å². The summed E-state index contributed by atoms with van der Waals surface area (Å²) < 4.78 is 24.8. The zero-order chi connectivity index (χ0) is 10.1. The van der Waals surface area contributed by atoms with E-state index in [1.807, 2.05) is 0 Å². The minimum atomic E-state index is -2.36. The highest BCUT2D eigenvalue weighted by Crippen LogP contribution is 2.23. The lowest BCUT2D eigenvalue weighted by molar-refractivity contribution is 0.0941. The molecule has 14 heavy (non-hydrogen) atoms. The summed E-state index contributed by atoms with van der Waals surface area (Å²) in [6.07, 6.45) is -2.08. The molecule has 1 heterocycles. The molecule has 1 aliphatic heterocycles. The van der Waals surface area contributed by atoms with Crippen molar-refractivity contribution >= 4 is 0 Å². The lowest BCUT2D eigenvalue weighted by Crippen LogP contribution is -2.40. The SMILES string of the molecule is Oc1ccc2c(c1)CC(C(F)F)NC2. The zero-order valence-corrected chi connectivity index (χ0v) is 7.50. The first-order valence-corrected chi connectivity index (χ1v) is 4.49. The molecule has 0 saturated heterocycles. The summed E-state index contributed by atoms with van der Waals surface area (Å²) in [7, 11) is 0. The second kappa shape index (κ2) is 3.53. The molecule has 0 bridgehead atoms. The molecule has 1 aliphatic rings. The molecule has 0 spiro atoms. The van der Waals surface area contributed by atoms with Gasteiger partial charge in [-0.3, -0.25) is 0 Å². The number of alkyl halides is 2. The topological polar surface area (TPSA) is 32.3 Å². The Kier molecular flexibility index (Phi) is 2.37. The van der Waals surface area contributed by atoms with Crippen LogP contribution in [0.3, 0.4) is 0 Å². The monoisotopic (exact) mass is 199 g/mol. The molecular weight excluding hydrogens is 188 g/mol. The van der Waals surface area contributed by atoms with E-state index in [1.54, 1.807) is 18.2 Å². The fourth-order valence-corrected chi connectivity index (χ4v) is 1.70. The van der Waals surface area contributed by atoms with Crippen molar-refractivity contribution in [3.8, 4) is 5.75 Å². The van der Waals surface area contributed by atoms with Crippen molar-refractivity contribution in [2.24, 2.45) is 0 Å². The van der Waals surface area contributed by atoms with Gasteiger partial charge in [0.05, 0.1) is 6.04 Å². The number of hydrogen-bond donors (Lipinski definition) is 2. The molecular formula is C10H11F2NO. The number of halogens is 2. The van der Waals surface area contributed by atoms with Gasteiger partial charge < -0.3 is 10.4 Å². The predicted molar refractivity (Wildman–Crippen MR) is 48.4 cm³/mol. The van der Waals surface area contributed by atoms with Crippen molar-refractivity contribution in [3.05, 3.63) is 29.3 Å². The molecule has 0 fully saturated rings. The Balaban J connectivity index is 2.24. The van der Waals surface area contributed by atoms with Crippen LogP contribution in [0, 0.1) is 0 Å². The molecule has 1 aromatic carbocycles. The van der Waals surface area contributed by atoms with Crippen LogP contribution < -0.4 is 5.32 Å². The Hall–Kier alpha value is -1.16. The lowest BCUT2D eigenvalue weighted by Gasteiger charge is -2.25. The van der Waals surface area contributed by atoms with Gasteiger partial charge in [-0.25, -0.2) is 8.78 Å². The summed E-state index contributed by atoms with van der Waals surface area (Å²) >= 11 is 0. The van der Waals surface area contributed by atoms with E-state index in [2.05, 4.69) is 5.32 Å². The van der Waals surface area contributed by atoms with E-state index in [0.717, 1.165) is 11.1 Å². The number of rotatable bonds is 1. The van der Waals surface area contributed by atoms with E-state index < -0.39 is 12.5 Å². The Morgan fingerprint density at radius 3 is 2.86 bits per heavy atom. The van der Waals surface area contributed by atoms with Crippen LogP contribution in [-0.4, -0.2) is 17.6 Å². The highest BCUT2D eigenvalue weighted by Gasteiger charge is 2.25. The van der Waals surface area contributed by atoms with Gasteiger partial charge in [0.1, 0.15) is 5.75 Å². The third-order valence-corrected chi connectivity index (χ3v) is 2.49. The van der Waals surface area contributed by atoms with E-state index in [1.165, 1.54) is 0 Å². The molecule has 1 atom stereocenters. The number of phenols is 1. The second-order valence-electron chi connectivity index (χ2n) is 3.48. The summed E-state index contributed by atoms with van der Waals surface area (Å²) in [6.45, 7) is 0.449. The maximum absolute atomic E-state index is 12.4. The van der Waals surface area contributed by atoms with Crippen LogP contribution >= 0.6 is 0 Å². The molecule has 76 valence electrons. The van der Waals surface area contributed by atoms with Gasteiger partial charge in [0.25, 0.3) is 6.43 Å². The Morgan fingerprint density at radius 1 is 1.36 bits per heavy atom. The van der Waals surface area contributed by atoms with E-state index in [0.29, 0.717) is 6.54 Å². The first kappa shape index (κ1) is 9.40. The largest absolute Gasteiger partial charge is 0.508 e. The summed E-state index contributed by atoms with van der Waals surface area (Å²) in [4.78, 5) is 0. The molecule has 4 heteroatoms. The third kappa shape index (κ3) is 1.70. The van der Waals surface area contributed by atoms with Crippen LogP contribution in [0.1, 0.15) is 11.1 Å². The maximum atomic E-state index is 12.4. The summed E-state index contributed by atoms with van der Waals surface area (Å²) in [5.41, 5.74) is 1.80. The number of benzene rings is 1. The van der Waals surface area contributed by atoms with Crippen molar-refractivity contribution < 1.29 is 13.9 Å². The second-order valence-corrected chi connectivity index (χ2v) is 3.48. The van der Waals surface area contributed by atoms with E-state index in [-0.39, 0.29) is 12.2 Å². The summed E-state index contributed by atoms with van der Waals surface area (Å²) in [6, 6.07) is 4.11. The van der Waals surface area contributed by atoms with Gasteiger partial charge in [-0.2, -0.15) is 0 Å². The minimum absolute atomic E-state index is 0.138. The Morgan fingerprint density at radius 2 is 2.14 bits per heavy atom. The average Bonchev–Trinajstić information content (AvgIpc) is 2.16. The Labute approximate surface area is 80.6 Å². The average molecular weight is 199 g/mol. The summed E-state index contributed by atoms with van der Waals surface area (Å²) in [5, 5.41) is 12.0. The van der Waals surface area contributed by atoms with E-state index in [9.17, 15) is 13.9 Å². The zero-order valence-electron chi connectivity index (χ0n) is 7.50. The van der Waals surface area contributed by atoms with Gasteiger partial charge in [-0.05, 0) is 29.7 Å². The van der Waals surface area contributed by atoms with Crippen molar-refractivity contribution in [2.45, 2.75) is 25.4 Å². The quantitative estimate of drug-likeness (QED) is 0.721. The Bertz CT molecular complexity index is 341. The normalized spacial score (nSPS) is 20.9. The van der Waals surface area contributed by atoms with Crippen LogP contribution in [0.2, 0.25) is 0 Å². The lowest BCUT2D eigenvalue weighted by atomic mass is 9.96. The first-order valence-electron chi connectivity index (χ1n) is 4.49. The van der Waals surface area contributed by atoms with Crippen molar-refractivity contribution in [1.29, 1.82) is 0 Å². The highest BCUT2D eigenvalue weighted by molar-refractivity contribution is 5.36. The molecule has 2 nitrogen and oxygen atoms in total. The van der Waals surface area contributed by atoms with Gasteiger partial charge in [0, 0.05) is 6.54 Å². The maximum Gasteiger partial charge on any atom is 0.254 e. The van der Waals surface area contributed by atoms with Crippen LogP contribution in [-0.2, 0) is 13.0 Å². The van der Waals surface area contributed by atoms with Gasteiger partial charge in [0.2, 0.25) is 0 Å². The minimum Gasteiger partial charge on any atom is -0.508 e. The first-order chi connectivity index (χ1) is 6.66. The highest BCUT2D eigenvalue weighted by atomic mass is 19.3. The molecule has 1 aromatic rings. The number of fused-ring (bicyclic) bond motifs is 1. The van der Waals surface area contributed by atoms with Crippen LogP contribution in [0.25, 0.3) is 0 Å². The van der Waals surface area contributed by atoms with Crippen molar-refractivity contribution in [1.82, 2.24) is 5.32 Å². The molecule has 0 aliphatic carbocycles.